The van der Waals surface area contributed by atoms with Crippen molar-refractivity contribution in [2.24, 2.45) is 5.84 Å². The highest BCUT2D eigenvalue weighted by Crippen LogP contribution is 2.19. The maximum absolute atomic E-state index is 12.8. The summed E-state index contributed by atoms with van der Waals surface area (Å²) in [6.07, 6.45) is 0.657. The Balaban J connectivity index is 1.66. The zero-order valence-electron chi connectivity index (χ0n) is 19.1. The Hall–Kier alpha value is -4.38. The number of hydrazine groups is 1. The number of carbonyl (C=O) groups excluding carboxylic acids is 3. The van der Waals surface area contributed by atoms with Crippen LogP contribution in [-0.4, -0.2) is 52.0 Å². The van der Waals surface area contributed by atoms with Crippen LogP contribution in [0.25, 0.3) is 10.9 Å². The molecule has 0 saturated carbocycles. The molecule has 3 aromatic rings. The van der Waals surface area contributed by atoms with E-state index in [4.69, 9.17) is 10.9 Å². The molecule has 0 bridgehead atoms. The molecule has 184 valence electrons. The minimum atomic E-state index is -1.36. The molecule has 0 spiro atoms. The van der Waals surface area contributed by atoms with Crippen LogP contribution in [0.3, 0.4) is 0 Å². The summed E-state index contributed by atoms with van der Waals surface area (Å²) >= 11 is 0. The lowest BCUT2D eigenvalue weighted by atomic mass is 10.0. The molecule has 11 nitrogen and oxygen atoms in total. The summed E-state index contributed by atoms with van der Waals surface area (Å²) in [5.74, 6) is 3.42. The zero-order chi connectivity index (χ0) is 25.4. The van der Waals surface area contributed by atoms with Gasteiger partial charge in [0.1, 0.15) is 18.1 Å². The largest absolute Gasteiger partial charge is 0.465 e. The first-order valence-corrected chi connectivity index (χ1v) is 11.0. The Labute approximate surface area is 201 Å². The van der Waals surface area contributed by atoms with Gasteiger partial charge in [-0.2, -0.15) is 0 Å². The molecule has 35 heavy (non-hydrogen) atoms. The average Bonchev–Trinajstić information content (AvgIpc) is 3.25. The van der Waals surface area contributed by atoms with E-state index in [1.807, 2.05) is 24.3 Å². The molecular formula is C24H28N6O5. The van der Waals surface area contributed by atoms with Gasteiger partial charge in [-0.25, -0.2) is 10.6 Å². The number of aromatic nitrogens is 1. The van der Waals surface area contributed by atoms with Crippen molar-refractivity contribution in [2.75, 3.05) is 0 Å². The molecule has 0 aliphatic carbocycles. The van der Waals surface area contributed by atoms with Gasteiger partial charge in [0.15, 0.2) is 0 Å². The molecule has 4 amide bonds. The molecule has 0 aliphatic heterocycles. The smallest absolute Gasteiger partial charge is 0.405 e. The monoisotopic (exact) mass is 480 g/mol. The van der Waals surface area contributed by atoms with Gasteiger partial charge >= 0.3 is 6.09 Å². The van der Waals surface area contributed by atoms with Gasteiger partial charge in [0.05, 0.1) is 0 Å². The number of para-hydroxylation sites is 1. The van der Waals surface area contributed by atoms with E-state index in [1.165, 1.54) is 6.92 Å². The first-order valence-electron chi connectivity index (χ1n) is 11.0. The Kier molecular flexibility index (Phi) is 8.41. The van der Waals surface area contributed by atoms with Gasteiger partial charge in [-0.05, 0) is 24.1 Å². The Bertz CT molecular complexity index is 1200. The van der Waals surface area contributed by atoms with Crippen LogP contribution in [0.1, 0.15) is 18.1 Å². The van der Waals surface area contributed by atoms with Crippen LogP contribution >= 0.6 is 0 Å². The average molecular weight is 481 g/mol. The number of carboxylic acid groups (broad SMARTS) is 1. The maximum Gasteiger partial charge on any atom is 0.405 e. The van der Waals surface area contributed by atoms with Gasteiger partial charge in [0.2, 0.25) is 11.8 Å². The third-order valence-electron chi connectivity index (χ3n) is 5.52. The van der Waals surface area contributed by atoms with Crippen molar-refractivity contribution in [2.45, 2.75) is 37.9 Å². The fourth-order valence-electron chi connectivity index (χ4n) is 3.71. The molecule has 3 atom stereocenters. The third kappa shape index (κ3) is 6.81. The molecule has 0 aliphatic rings. The van der Waals surface area contributed by atoms with Crippen LogP contribution in [0.4, 0.5) is 4.79 Å². The van der Waals surface area contributed by atoms with Gasteiger partial charge < -0.3 is 26.0 Å². The Morgan fingerprint density at radius 2 is 1.51 bits per heavy atom. The summed E-state index contributed by atoms with van der Waals surface area (Å²) < 4.78 is 0. The number of hydrogen-bond acceptors (Lipinski definition) is 5. The second-order valence-electron chi connectivity index (χ2n) is 8.06. The number of aromatic amines is 1. The molecule has 0 radical (unpaired) electrons. The number of rotatable bonds is 10. The lowest BCUT2D eigenvalue weighted by molar-refractivity contribution is -0.132. The number of fused-ring (bicyclic) bond motifs is 1. The van der Waals surface area contributed by atoms with Crippen molar-refractivity contribution in [3.63, 3.8) is 0 Å². The van der Waals surface area contributed by atoms with Gasteiger partial charge in [0.25, 0.3) is 5.91 Å². The predicted molar refractivity (Wildman–Crippen MR) is 129 cm³/mol. The molecule has 8 N–H and O–H groups in total. The highest BCUT2D eigenvalue weighted by molar-refractivity contribution is 5.94. The van der Waals surface area contributed by atoms with Crippen molar-refractivity contribution in [1.82, 2.24) is 26.4 Å². The van der Waals surface area contributed by atoms with Gasteiger partial charge in [-0.3, -0.25) is 19.8 Å². The molecule has 3 rings (SSSR count). The van der Waals surface area contributed by atoms with Gasteiger partial charge in [-0.1, -0.05) is 48.5 Å². The third-order valence-corrected chi connectivity index (χ3v) is 5.52. The van der Waals surface area contributed by atoms with Crippen LogP contribution in [0.2, 0.25) is 0 Å². The molecule has 2 aromatic carbocycles. The molecule has 1 heterocycles. The number of nitrogens with two attached hydrogens (primary N) is 1. The fraction of sp³-hybridized carbons (Fsp3) is 0.250. The summed E-state index contributed by atoms with van der Waals surface area (Å²) in [4.78, 5) is 52.2. The van der Waals surface area contributed by atoms with Crippen molar-refractivity contribution < 1.29 is 24.3 Å². The van der Waals surface area contributed by atoms with Crippen molar-refractivity contribution >= 4 is 34.7 Å². The SMILES string of the molecule is CC(NC(=O)C(Cc1ccccc1)NC(=O)O)C(=O)NC(Cc1c[nH]c2ccccc12)C(=O)NN. The number of carbonyl (C=O) groups is 4. The van der Waals surface area contributed by atoms with Crippen molar-refractivity contribution in [3.05, 3.63) is 71.9 Å². The summed E-state index contributed by atoms with van der Waals surface area (Å²) in [6.45, 7) is 1.44. The molecule has 0 fully saturated rings. The van der Waals surface area contributed by atoms with Crippen LogP contribution in [0, 0.1) is 0 Å². The van der Waals surface area contributed by atoms with E-state index in [9.17, 15) is 19.2 Å². The number of hydrogen-bond donors (Lipinski definition) is 7. The highest BCUT2D eigenvalue weighted by atomic mass is 16.4. The number of H-pyrrole nitrogens is 1. The normalized spacial score (nSPS) is 13.3. The minimum absolute atomic E-state index is 0.103. The second-order valence-corrected chi connectivity index (χ2v) is 8.06. The first-order chi connectivity index (χ1) is 16.8. The topological polar surface area (TPSA) is 178 Å². The lowest BCUT2D eigenvalue weighted by Crippen LogP contribution is -2.57. The lowest BCUT2D eigenvalue weighted by Gasteiger charge is -2.22. The molecule has 3 unspecified atom stereocenters. The number of benzene rings is 2. The second kappa shape index (κ2) is 11.7. The summed E-state index contributed by atoms with van der Waals surface area (Å²) in [5, 5.41) is 17.3. The molecule has 1 aromatic heterocycles. The highest BCUT2D eigenvalue weighted by Gasteiger charge is 2.28. The molecular weight excluding hydrogens is 452 g/mol. The van der Waals surface area contributed by atoms with E-state index >= 15 is 0 Å². The standard InChI is InChI=1S/C24H28N6O5/c1-14(27-22(32)19(29-24(34)35)11-15-7-3-2-4-8-15)21(31)28-20(23(33)30-25)12-16-13-26-18-10-6-5-9-17(16)18/h2-10,13-14,19-20,26,29H,11-12,25H2,1H3,(H,27,32)(H,28,31)(H,30,33)(H,34,35). The maximum atomic E-state index is 12.8. The molecule has 0 saturated heterocycles. The van der Waals surface area contributed by atoms with E-state index in [0.717, 1.165) is 22.0 Å². The molecule has 11 heteroatoms. The Morgan fingerprint density at radius 3 is 2.20 bits per heavy atom. The Morgan fingerprint density at radius 1 is 0.857 bits per heavy atom. The van der Waals surface area contributed by atoms with Gasteiger partial charge in [0, 0.05) is 29.9 Å². The summed E-state index contributed by atoms with van der Waals surface area (Å²) in [6, 6.07) is 13.3. The van der Waals surface area contributed by atoms with E-state index in [-0.39, 0.29) is 12.8 Å². The minimum Gasteiger partial charge on any atom is -0.465 e. The first kappa shape index (κ1) is 25.2. The fourth-order valence-corrected chi connectivity index (χ4v) is 3.71. The van der Waals surface area contributed by atoms with E-state index in [0.29, 0.717) is 0 Å². The zero-order valence-corrected chi connectivity index (χ0v) is 19.1. The number of nitrogens with one attached hydrogen (secondary N) is 5. The van der Waals surface area contributed by atoms with Crippen LogP contribution in [0.15, 0.2) is 60.8 Å². The van der Waals surface area contributed by atoms with Crippen LogP contribution < -0.4 is 27.2 Å². The van der Waals surface area contributed by atoms with E-state index in [1.54, 1.807) is 36.5 Å². The van der Waals surface area contributed by atoms with Crippen molar-refractivity contribution in [1.29, 1.82) is 0 Å². The van der Waals surface area contributed by atoms with Crippen LogP contribution in [0.5, 0.6) is 0 Å². The van der Waals surface area contributed by atoms with E-state index in [2.05, 4.69) is 26.4 Å². The quantitative estimate of drug-likeness (QED) is 0.127. The van der Waals surface area contributed by atoms with Gasteiger partial charge in [-0.15, -0.1) is 0 Å². The van der Waals surface area contributed by atoms with Crippen LogP contribution in [-0.2, 0) is 27.2 Å². The number of amides is 4. The summed E-state index contributed by atoms with van der Waals surface area (Å²) in [5.41, 5.74) is 4.49. The summed E-state index contributed by atoms with van der Waals surface area (Å²) in [7, 11) is 0. The van der Waals surface area contributed by atoms with Crippen molar-refractivity contribution in [3.8, 4) is 0 Å². The predicted octanol–water partition coefficient (Wildman–Crippen LogP) is 0.569. The van der Waals surface area contributed by atoms with E-state index < -0.39 is 41.9 Å².